The van der Waals surface area contributed by atoms with E-state index in [9.17, 15) is 18.0 Å². The maximum Gasteiger partial charge on any atom is 0.338 e. The summed E-state index contributed by atoms with van der Waals surface area (Å²) in [6, 6.07) is 13.2. The molecule has 0 radical (unpaired) electrons. The van der Waals surface area contributed by atoms with Crippen LogP contribution in [0.4, 0.5) is 5.69 Å². The van der Waals surface area contributed by atoms with Crippen LogP contribution in [0.2, 0.25) is 0 Å². The molecular formula is C22H25N3O5S. The summed E-state index contributed by atoms with van der Waals surface area (Å²) in [5.41, 5.74) is 1.44. The number of esters is 1. The van der Waals surface area contributed by atoms with Crippen molar-refractivity contribution in [3.63, 3.8) is 0 Å². The fraction of sp³-hybridized carbons (Fsp3) is 0.364. The van der Waals surface area contributed by atoms with E-state index in [1.165, 1.54) is 12.5 Å². The Balaban J connectivity index is 1.35. The summed E-state index contributed by atoms with van der Waals surface area (Å²) in [4.78, 5) is 24.5. The van der Waals surface area contributed by atoms with Gasteiger partial charge in [0.05, 0.1) is 11.3 Å². The fourth-order valence-electron chi connectivity index (χ4n) is 3.92. The Morgan fingerprint density at radius 3 is 2.45 bits per heavy atom. The van der Waals surface area contributed by atoms with Crippen molar-refractivity contribution < 1.29 is 22.7 Å². The average molecular weight is 444 g/mol. The van der Waals surface area contributed by atoms with Gasteiger partial charge in [0.2, 0.25) is 10.0 Å². The van der Waals surface area contributed by atoms with Crippen molar-refractivity contribution in [3.05, 3.63) is 59.7 Å². The molecule has 0 saturated heterocycles. The summed E-state index contributed by atoms with van der Waals surface area (Å²) in [6.07, 6.45) is 4.67. The van der Waals surface area contributed by atoms with Crippen LogP contribution >= 0.6 is 0 Å². The minimum atomic E-state index is -3.64. The highest BCUT2D eigenvalue weighted by Gasteiger charge is 2.29. The predicted octanol–water partition coefficient (Wildman–Crippen LogP) is 2.69. The van der Waals surface area contributed by atoms with Gasteiger partial charge in [-0.15, -0.1) is 0 Å². The molecule has 3 N–H and O–H groups in total. The summed E-state index contributed by atoms with van der Waals surface area (Å²) in [6.45, 7) is -0.322. The second-order valence-electron chi connectivity index (χ2n) is 7.80. The highest BCUT2D eigenvalue weighted by Crippen LogP contribution is 2.30. The van der Waals surface area contributed by atoms with E-state index in [1.807, 2.05) is 0 Å². The Hall–Kier alpha value is -2.91. The van der Waals surface area contributed by atoms with Gasteiger partial charge in [0.15, 0.2) is 6.61 Å². The van der Waals surface area contributed by atoms with Gasteiger partial charge in [0.25, 0.3) is 5.91 Å². The summed E-state index contributed by atoms with van der Waals surface area (Å²) in [5.74, 6) is -0.899. The Kier molecular flexibility index (Phi) is 6.24. The molecular weight excluding hydrogens is 418 g/mol. The first-order valence-electron chi connectivity index (χ1n) is 10.4. The molecule has 8 nitrogen and oxygen atoms in total. The molecule has 2 aliphatic rings. The van der Waals surface area contributed by atoms with Gasteiger partial charge in [0.1, 0.15) is 11.1 Å². The molecule has 1 heterocycles. The van der Waals surface area contributed by atoms with Gasteiger partial charge in [-0.1, -0.05) is 43.5 Å². The Labute approximate surface area is 181 Å². The number of carbonyl (C=O) groups excluding carboxylic acids is 2. The second kappa shape index (κ2) is 9.07. The van der Waals surface area contributed by atoms with E-state index in [2.05, 4.69) is 15.4 Å². The van der Waals surface area contributed by atoms with E-state index in [-0.39, 0.29) is 29.0 Å². The summed E-state index contributed by atoms with van der Waals surface area (Å²) in [7, 11) is -3.64. The topological polar surface area (TPSA) is 114 Å². The lowest BCUT2D eigenvalue weighted by Gasteiger charge is -2.28. The van der Waals surface area contributed by atoms with Gasteiger partial charge in [0, 0.05) is 6.04 Å². The summed E-state index contributed by atoms with van der Waals surface area (Å²) >= 11 is 0. The van der Waals surface area contributed by atoms with Crippen LogP contribution in [0.3, 0.4) is 0 Å². The smallest absolute Gasteiger partial charge is 0.338 e. The fourth-order valence-corrected chi connectivity index (χ4v) is 5.22. The van der Waals surface area contributed by atoms with Crippen LogP contribution in [-0.4, -0.2) is 32.9 Å². The largest absolute Gasteiger partial charge is 0.452 e. The predicted molar refractivity (Wildman–Crippen MR) is 115 cm³/mol. The number of hydrogen-bond acceptors (Lipinski definition) is 6. The third-order valence-corrected chi connectivity index (χ3v) is 7.01. The lowest BCUT2D eigenvalue weighted by Crippen LogP contribution is -2.38. The molecule has 2 aromatic rings. The molecule has 164 valence electrons. The number of sulfonamides is 1. The van der Waals surface area contributed by atoms with Gasteiger partial charge in [-0.05, 0) is 42.7 Å². The molecule has 2 aromatic carbocycles. The molecule has 1 aliphatic carbocycles. The van der Waals surface area contributed by atoms with Crippen molar-refractivity contribution in [2.45, 2.75) is 49.2 Å². The number of anilines is 1. The van der Waals surface area contributed by atoms with Crippen LogP contribution in [-0.2, 0) is 19.6 Å². The second-order valence-corrected chi connectivity index (χ2v) is 9.48. The Bertz CT molecular complexity index is 1060. The third kappa shape index (κ3) is 5.05. The molecule has 9 heteroatoms. The van der Waals surface area contributed by atoms with Crippen molar-refractivity contribution in [1.29, 1.82) is 0 Å². The molecule has 0 spiro atoms. The minimum Gasteiger partial charge on any atom is -0.452 e. The normalized spacial score (nSPS) is 20.2. The van der Waals surface area contributed by atoms with Crippen LogP contribution in [0.1, 0.15) is 54.2 Å². The van der Waals surface area contributed by atoms with Gasteiger partial charge >= 0.3 is 5.97 Å². The van der Waals surface area contributed by atoms with Gasteiger partial charge in [-0.3, -0.25) is 4.79 Å². The maximum atomic E-state index is 12.5. The van der Waals surface area contributed by atoms with Crippen LogP contribution in [0.15, 0.2) is 53.4 Å². The zero-order chi connectivity index (χ0) is 21.8. The van der Waals surface area contributed by atoms with E-state index in [0.717, 1.165) is 25.7 Å². The number of fused-ring (bicyclic) bond motifs is 1. The minimum absolute atomic E-state index is 0.163. The van der Waals surface area contributed by atoms with Crippen LogP contribution in [0, 0.1) is 0 Å². The number of carbonyl (C=O) groups is 2. The van der Waals surface area contributed by atoms with E-state index >= 15 is 0 Å². The van der Waals surface area contributed by atoms with E-state index in [1.54, 1.807) is 42.5 Å². The van der Waals surface area contributed by atoms with Crippen LogP contribution in [0.5, 0.6) is 0 Å². The molecule has 0 aromatic heterocycles. The monoisotopic (exact) mass is 443 g/mol. The lowest BCUT2D eigenvalue weighted by atomic mass is 9.95. The molecule has 1 aliphatic heterocycles. The highest BCUT2D eigenvalue weighted by atomic mass is 32.2. The summed E-state index contributed by atoms with van der Waals surface area (Å²) in [5, 5.41) is 6.04. The number of nitrogens with one attached hydrogen (secondary N) is 3. The first-order valence-corrected chi connectivity index (χ1v) is 11.8. The van der Waals surface area contributed by atoms with Gasteiger partial charge in [-0.25, -0.2) is 13.2 Å². The molecule has 4 rings (SSSR count). The molecule has 1 saturated carbocycles. The number of ether oxygens (including phenoxy) is 1. The number of benzene rings is 2. The van der Waals surface area contributed by atoms with Crippen LogP contribution < -0.4 is 15.4 Å². The van der Waals surface area contributed by atoms with Crippen molar-refractivity contribution in [2.75, 3.05) is 11.9 Å². The number of amides is 1. The molecule has 1 fully saturated rings. The molecule has 0 unspecified atom stereocenters. The molecule has 1 atom stereocenters. The lowest BCUT2D eigenvalue weighted by molar-refractivity contribution is -0.125. The average Bonchev–Trinajstić information content (AvgIpc) is 2.78. The highest BCUT2D eigenvalue weighted by molar-refractivity contribution is 7.89. The zero-order valence-corrected chi connectivity index (χ0v) is 17.8. The maximum absolute atomic E-state index is 12.5. The quantitative estimate of drug-likeness (QED) is 0.613. The van der Waals surface area contributed by atoms with Crippen molar-refractivity contribution >= 4 is 27.6 Å². The van der Waals surface area contributed by atoms with Crippen molar-refractivity contribution in [2.24, 2.45) is 0 Å². The Morgan fingerprint density at radius 2 is 1.71 bits per heavy atom. The van der Waals surface area contributed by atoms with E-state index in [4.69, 9.17) is 4.74 Å². The van der Waals surface area contributed by atoms with Crippen molar-refractivity contribution in [1.82, 2.24) is 10.0 Å². The number of para-hydroxylation sites is 1. The SMILES string of the molecule is O=C(COC(=O)c1ccc([C@@H]2Nc3ccccc3S(=O)(=O)N2)cc1)NC1CCCCC1. The number of hydrogen-bond donors (Lipinski definition) is 3. The third-order valence-electron chi connectivity index (χ3n) is 5.53. The Morgan fingerprint density at radius 1 is 1.00 bits per heavy atom. The van der Waals surface area contributed by atoms with E-state index < -0.39 is 22.2 Å². The first-order chi connectivity index (χ1) is 14.9. The summed E-state index contributed by atoms with van der Waals surface area (Å²) < 4.78 is 32.6. The molecule has 1 amide bonds. The molecule has 31 heavy (non-hydrogen) atoms. The number of rotatable bonds is 5. The van der Waals surface area contributed by atoms with Crippen LogP contribution in [0.25, 0.3) is 0 Å². The van der Waals surface area contributed by atoms with Crippen molar-refractivity contribution in [3.8, 4) is 0 Å². The molecule has 0 bridgehead atoms. The van der Waals surface area contributed by atoms with Gasteiger partial charge in [-0.2, -0.15) is 4.72 Å². The van der Waals surface area contributed by atoms with Gasteiger partial charge < -0.3 is 15.4 Å². The first kappa shape index (κ1) is 21.3. The standard InChI is InChI=1S/C22H25N3O5S/c26-20(23-17-6-2-1-3-7-17)14-30-22(27)16-12-10-15(11-13-16)21-24-18-8-4-5-9-19(18)31(28,29)25-21/h4-5,8-13,17,21,24-25H,1-3,6-7,14H2,(H,23,26)/t21-/m1/s1. The van der Waals surface area contributed by atoms with E-state index in [0.29, 0.717) is 11.3 Å². The zero-order valence-electron chi connectivity index (χ0n) is 17.0.